The van der Waals surface area contributed by atoms with Crippen LogP contribution in [0.25, 0.3) is 6.08 Å². The van der Waals surface area contributed by atoms with Crippen molar-refractivity contribution in [3.05, 3.63) is 53.4 Å². The summed E-state index contributed by atoms with van der Waals surface area (Å²) in [5.41, 5.74) is 4.10. The van der Waals surface area contributed by atoms with Gasteiger partial charge in [-0.2, -0.15) is 13.2 Å². The molecule has 8 heteroatoms. The van der Waals surface area contributed by atoms with Gasteiger partial charge >= 0.3 is 12.1 Å². The Morgan fingerprint density at radius 3 is 2.74 bits per heavy atom. The lowest BCUT2D eigenvalue weighted by Gasteiger charge is -2.28. The van der Waals surface area contributed by atoms with Crippen molar-refractivity contribution in [2.75, 3.05) is 25.5 Å². The maximum absolute atomic E-state index is 12.8. The van der Waals surface area contributed by atoms with Crippen molar-refractivity contribution in [3.8, 4) is 0 Å². The summed E-state index contributed by atoms with van der Waals surface area (Å²) in [7, 11) is 1.91. The maximum Gasteiger partial charge on any atom is 0.389 e. The van der Waals surface area contributed by atoms with Crippen LogP contribution in [0.4, 0.5) is 30.4 Å². The lowest BCUT2D eigenvalue weighted by Crippen LogP contribution is -2.39. The highest BCUT2D eigenvalue weighted by molar-refractivity contribution is 5.96. The molecule has 2 aromatic rings. The van der Waals surface area contributed by atoms with Gasteiger partial charge in [0.25, 0.3) is 0 Å². The third kappa shape index (κ3) is 5.78. The van der Waals surface area contributed by atoms with Gasteiger partial charge in [-0.25, -0.2) is 9.78 Å². The molecule has 5 nitrogen and oxygen atoms in total. The molecule has 1 aliphatic carbocycles. The summed E-state index contributed by atoms with van der Waals surface area (Å²) in [4.78, 5) is 17.3. The second-order valence-corrected chi connectivity index (χ2v) is 9.35. The molecular weight excluding hydrogens is 443 g/mol. The number of carbonyl (C=O) groups excluding carboxylic acids is 1. The molecule has 0 bridgehead atoms. The Morgan fingerprint density at radius 1 is 1.24 bits per heavy atom. The molecular formula is C26H31F3N3O2+. The third-order valence-corrected chi connectivity index (χ3v) is 6.42. The van der Waals surface area contributed by atoms with Gasteiger partial charge in [-0.1, -0.05) is 13.3 Å². The van der Waals surface area contributed by atoms with E-state index in [0.717, 1.165) is 48.2 Å². The molecule has 182 valence electrons. The fourth-order valence-electron chi connectivity index (χ4n) is 4.26. The van der Waals surface area contributed by atoms with Gasteiger partial charge in [0.15, 0.2) is 0 Å². The van der Waals surface area contributed by atoms with Crippen molar-refractivity contribution in [3.63, 3.8) is 0 Å². The molecule has 1 unspecified atom stereocenters. The van der Waals surface area contributed by atoms with E-state index in [1.165, 1.54) is 0 Å². The normalized spacial score (nSPS) is 19.2. The fraction of sp³-hybridized carbons (Fsp3) is 0.462. The number of carbonyl (C=O) groups is 1. The summed E-state index contributed by atoms with van der Waals surface area (Å²) >= 11 is 0. The van der Waals surface area contributed by atoms with Gasteiger partial charge in [-0.05, 0) is 48.9 Å². The predicted octanol–water partition coefficient (Wildman–Crippen LogP) is 6.92. The highest BCUT2D eigenvalue weighted by Gasteiger charge is 2.33. The van der Waals surface area contributed by atoms with Crippen LogP contribution in [-0.4, -0.2) is 37.3 Å². The van der Waals surface area contributed by atoms with Crippen LogP contribution in [0.2, 0.25) is 0 Å². The minimum Gasteiger partial charge on any atom is -0.462 e. The second-order valence-electron chi connectivity index (χ2n) is 9.35. The van der Waals surface area contributed by atoms with Crippen LogP contribution in [0, 0.1) is 0 Å². The van der Waals surface area contributed by atoms with Gasteiger partial charge in [0, 0.05) is 42.4 Å². The van der Waals surface area contributed by atoms with E-state index in [0.29, 0.717) is 34.9 Å². The zero-order valence-electron chi connectivity index (χ0n) is 19.6. The first-order valence-electron chi connectivity index (χ1n) is 11.9. The molecule has 0 radical (unpaired) electrons. The number of ether oxygens (including phenoxy) is 1. The van der Waals surface area contributed by atoms with Crippen LogP contribution in [0.3, 0.4) is 0 Å². The number of anilines is 2. The first-order chi connectivity index (χ1) is 16.2. The number of unbranched alkanes of at least 4 members (excludes halogenated alkanes) is 1. The number of aromatic nitrogens is 1. The van der Waals surface area contributed by atoms with Crippen molar-refractivity contribution in [1.82, 2.24) is 9.47 Å². The number of nitrogens with one attached hydrogen (secondary N) is 1. The van der Waals surface area contributed by atoms with Crippen LogP contribution < -0.4 is 9.80 Å². The molecule has 1 fully saturated rings. The highest BCUT2D eigenvalue weighted by atomic mass is 19.4. The van der Waals surface area contributed by atoms with Crippen molar-refractivity contribution in [1.29, 1.82) is 0 Å². The van der Waals surface area contributed by atoms with E-state index in [4.69, 9.17) is 4.74 Å². The first-order valence-corrected chi connectivity index (χ1v) is 11.9. The topological polar surface area (TPSA) is 51.2 Å². The zero-order chi connectivity index (χ0) is 24.3. The molecule has 0 amide bonds. The van der Waals surface area contributed by atoms with Gasteiger partial charge in [0.2, 0.25) is 0 Å². The van der Waals surface area contributed by atoms with Gasteiger partial charge in [0.05, 0.1) is 20.2 Å². The van der Waals surface area contributed by atoms with Gasteiger partial charge in [-0.15, -0.1) is 0 Å². The van der Waals surface area contributed by atoms with Crippen molar-refractivity contribution in [2.45, 2.75) is 57.5 Å². The Balaban J connectivity index is 1.51. The van der Waals surface area contributed by atoms with Gasteiger partial charge < -0.3 is 10.1 Å². The lowest BCUT2D eigenvalue weighted by molar-refractivity contribution is -0.135. The van der Waals surface area contributed by atoms with Crippen molar-refractivity contribution < 1.29 is 22.7 Å². The Morgan fingerprint density at radius 2 is 2.03 bits per heavy atom. The average molecular weight is 475 g/mol. The molecule has 4 rings (SSSR count). The summed E-state index contributed by atoms with van der Waals surface area (Å²) in [6, 6.07) is 7.60. The summed E-state index contributed by atoms with van der Waals surface area (Å²) in [6.45, 7) is 2.78. The number of fused-ring (bicyclic) bond motifs is 1. The van der Waals surface area contributed by atoms with E-state index in [1.807, 2.05) is 56.7 Å². The molecule has 1 N–H and O–H groups in total. The number of hydrogen-bond acceptors (Lipinski definition) is 4. The predicted molar refractivity (Wildman–Crippen MR) is 128 cm³/mol. The number of alkyl halides is 3. The van der Waals surface area contributed by atoms with E-state index < -0.39 is 12.6 Å². The number of esters is 1. The van der Waals surface area contributed by atoms with E-state index in [2.05, 4.69) is 10.3 Å². The molecule has 0 spiro atoms. The molecule has 0 saturated heterocycles. The van der Waals surface area contributed by atoms with Crippen LogP contribution >= 0.6 is 0 Å². The summed E-state index contributed by atoms with van der Waals surface area (Å²) in [5, 5.41) is 3.25. The molecule has 34 heavy (non-hydrogen) atoms. The number of nitrogens with zero attached hydrogens (tertiary/aromatic N) is 2. The fourth-order valence-corrected chi connectivity index (χ4v) is 4.26. The largest absolute Gasteiger partial charge is 0.462 e. The van der Waals surface area contributed by atoms with Crippen LogP contribution in [-0.2, 0) is 4.74 Å². The molecule has 1 atom stereocenters. The molecule has 2 aliphatic rings. The summed E-state index contributed by atoms with van der Waals surface area (Å²) in [5.74, 6) is 0.512. The molecule has 1 aromatic carbocycles. The maximum atomic E-state index is 12.8. The van der Waals surface area contributed by atoms with E-state index in [9.17, 15) is 18.0 Å². The highest BCUT2D eigenvalue weighted by Crippen LogP contribution is 2.41. The minimum absolute atomic E-state index is 0.0601. The van der Waals surface area contributed by atoms with Gasteiger partial charge in [-0.3, -0.25) is 4.48 Å². The Bertz CT molecular complexity index is 1080. The number of halogens is 3. The third-order valence-electron chi connectivity index (χ3n) is 6.42. The lowest BCUT2D eigenvalue weighted by atomic mass is 10.1. The van der Waals surface area contributed by atoms with Crippen LogP contribution in [0.1, 0.15) is 72.9 Å². The van der Waals surface area contributed by atoms with E-state index >= 15 is 0 Å². The van der Waals surface area contributed by atoms with Crippen LogP contribution in [0.5, 0.6) is 0 Å². The molecule has 1 saturated carbocycles. The zero-order valence-corrected chi connectivity index (χ0v) is 19.6. The quantitative estimate of drug-likeness (QED) is 0.231. The monoisotopic (exact) mass is 474 g/mol. The molecule has 2 heterocycles. The number of rotatable bonds is 10. The van der Waals surface area contributed by atoms with E-state index in [1.54, 1.807) is 0 Å². The van der Waals surface area contributed by atoms with Gasteiger partial charge in [0.1, 0.15) is 23.3 Å². The molecule has 1 aromatic heterocycles. The SMILES string of the molecule is CCCCOC(=O)c1cc(C2CC2)cnc1Nc1ccc2c(c1)C=C[N+]2(C)CCCC(F)(F)F. The van der Waals surface area contributed by atoms with E-state index in [-0.39, 0.29) is 12.4 Å². The smallest absolute Gasteiger partial charge is 0.389 e. The Hall–Kier alpha value is -2.87. The number of pyridine rings is 1. The number of hydrogen-bond donors (Lipinski definition) is 1. The Labute approximate surface area is 198 Å². The Kier molecular flexibility index (Phi) is 6.98. The average Bonchev–Trinajstić information content (AvgIpc) is 3.58. The number of quaternary nitrogens is 1. The first kappa shape index (κ1) is 24.3. The van der Waals surface area contributed by atoms with Crippen molar-refractivity contribution in [2.24, 2.45) is 0 Å². The second kappa shape index (κ2) is 9.78. The number of benzene rings is 1. The van der Waals surface area contributed by atoms with Crippen LogP contribution in [0.15, 0.2) is 36.7 Å². The summed E-state index contributed by atoms with van der Waals surface area (Å²) in [6.07, 6.45) is 4.75. The minimum atomic E-state index is -4.14. The molecule has 1 aliphatic heterocycles. The standard InChI is InChI=1S/C26H30F3N3O2/c1-3-4-14-34-25(33)22-16-20(18-6-7-18)17-30-24(22)31-21-8-9-23-19(15-21)10-13-32(23,2)12-5-11-26(27,28)29/h8-10,13,15-18H,3-7,11-12,14H2,1-2H3/p+1. The summed E-state index contributed by atoms with van der Waals surface area (Å²) < 4.78 is 43.5. The van der Waals surface area contributed by atoms with Crippen molar-refractivity contribution >= 4 is 29.2 Å².